The number of aliphatic carboxylic acids is 1. The Labute approximate surface area is 126 Å². The fraction of sp³-hybridized carbons (Fsp3) is 0.636. The van der Waals surface area contributed by atoms with E-state index in [-0.39, 0.29) is 6.54 Å². The van der Waals surface area contributed by atoms with E-state index in [2.05, 4.69) is 10.6 Å². The Kier molecular flexibility index (Phi) is 9.13. The van der Waals surface area contributed by atoms with Crippen LogP contribution in [0.4, 0.5) is 0 Å². The standard InChI is InChI=1S/C11H20N4O5S/c1-21-3-2-6(14-9(17)5-12)10(18)15-7(11(19)20)4-8(13)16/h6-7H,2-5,12H2,1H3,(H2,13,16)(H,14,17)(H,15,18)(H,19,20)/t6-,7-/m0/s1. The fourth-order valence-corrected chi connectivity index (χ4v) is 1.90. The zero-order valence-corrected chi connectivity index (χ0v) is 12.4. The molecule has 0 radical (unpaired) electrons. The van der Waals surface area contributed by atoms with Crippen molar-refractivity contribution in [2.75, 3.05) is 18.6 Å². The molecule has 0 rings (SSSR count). The number of nitrogens with two attached hydrogens (primary N) is 2. The van der Waals surface area contributed by atoms with Gasteiger partial charge in [0.15, 0.2) is 0 Å². The van der Waals surface area contributed by atoms with Gasteiger partial charge < -0.3 is 27.2 Å². The van der Waals surface area contributed by atoms with Crippen LogP contribution in [0.5, 0.6) is 0 Å². The van der Waals surface area contributed by atoms with Crippen LogP contribution < -0.4 is 22.1 Å². The molecule has 0 aliphatic carbocycles. The van der Waals surface area contributed by atoms with Crippen LogP contribution in [-0.4, -0.2) is 59.4 Å². The molecule has 9 nitrogen and oxygen atoms in total. The van der Waals surface area contributed by atoms with Gasteiger partial charge in [0, 0.05) is 0 Å². The Morgan fingerprint density at radius 2 is 1.81 bits per heavy atom. The highest BCUT2D eigenvalue weighted by Crippen LogP contribution is 2.02. The van der Waals surface area contributed by atoms with Crippen molar-refractivity contribution in [3.63, 3.8) is 0 Å². The first-order valence-corrected chi connectivity index (χ1v) is 7.51. The lowest BCUT2D eigenvalue weighted by Crippen LogP contribution is -2.53. The summed E-state index contributed by atoms with van der Waals surface area (Å²) >= 11 is 1.46. The molecule has 2 atom stereocenters. The van der Waals surface area contributed by atoms with Crippen molar-refractivity contribution in [3.8, 4) is 0 Å². The number of hydrogen-bond acceptors (Lipinski definition) is 6. The average Bonchev–Trinajstić information content (AvgIpc) is 2.41. The van der Waals surface area contributed by atoms with Gasteiger partial charge in [-0.1, -0.05) is 0 Å². The Hall–Kier alpha value is -1.81. The molecule has 0 aliphatic rings. The van der Waals surface area contributed by atoms with Gasteiger partial charge in [-0.2, -0.15) is 11.8 Å². The van der Waals surface area contributed by atoms with Crippen LogP contribution >= 0.6 is 11.8 Å². The van der Waals surface area contributed by atoms with Crippen LogP contribution in [0, 0.1) is 0 Å². The van der Waals surface area contributed by atoms with Gasteiger partial charge in [-0.15, -0.1) is 0 Å². The maximum atomic E-state index is 12.0. The molecule has 0 fully saturated rings. The van der Waals surface area contributed by atoms with Crippen molar-refractivity contribution in [2.24, 2.45) is 11.5 Å². The highest BCUT2D eigenvalue weighted by Gasteiger charge is 2.27. The normalized spacial score (nSPS) is 13.0. The third kappa shape index (κ3) is 8.15. The minimum absolute atomic E-state index is 0.285. The number of hydrogen-bond donors (Lipinski definition) is 5. The third-order valence-electron chi connectivity index (χ3n) is 2.47. The van der Waals surface area contributed by atoms with E-state index in [0.29, 0.717) is 12.2 Å². The molecule has 0 saturated carbocycles. The molecule has 0 aliphatic heterocycles. The summed E-state index contributed by atoms with van der Waals surface area (Å²) in [5, 5.41) is 13.5. The molecule has 7 N–H and O–H groups in total. The third-order valence-corrected chi connectivity index (χ3v) is 3.11. The summed E-state index contributed by atoms with van der Waals surface area (Å²) < 4.78 is 0. The van der Waals surface area contributed by atoms with Crippen LogP contribution in [0.1, 0.15) is 12.8 Å². The van der Waals surface area contributed by atoms with Crippen molar-refractivity contribution in [1.82, 2.24) is 10.6 Å². The van der Waals surface area contributed by atoms with Gasteiger partial charge in [0.25, 0.3) is 0 Å². The number of nitrogens with one attached hydrogen (secondary N) is 2. The van der Waals surface area contributed by atoms with E-state index in [1.54, 1.807) is 0 Å². The van der Waals surface area contributed by atoms with Gasteiger partial charge >= 0.3 is 5.97 Å². The monoisotopic (exact) mass is 320 g/mol. The largest absolute Gasteiger partial charge is 0.480 e. The summed E-state index contributed by atoms with van der Waals surface area (Å²) in [6.45, 7) is -0.285. The maximum Gasteiger partial charge on any atom is 0.326 e. The second kappa shape index (κ2) is 10.00. The van der Waals surface area contributed by atoms with Crippen molar-refractivity contribution >= 4 is 35.5 Å². The molecule has 0 aromatic carbocycles. The lowest BCUT2D eigenvalue weighted by molar-refractivity contribution is -0.143. The van der Waals surface area contributed by atoms with E-state index in [1.807, 2.05) is 6.26 Å². The van der Waals surface area contributed by atoms with Crippen LogP contribution in [-0.2, 0) is 19.2 Å². The second-order valence-electron chi connectivity index (χ2n) is 4.18. The van der Waals surface area contributed by atoms with E-state index >= 15 is 0 Å². The summed E-state index contributed by atoms with van der Waals surface area (Å²) in [4.78, 5) is 45.0. The number of carbonyl (C=O) groups is 4. The van der Waals surface area contributed by atoms with Gasteiger partial charge in [0.2, 0.25) is 17.7 Å². The van der Waals surface area contributed by atoms with Gasteiger partial charge in [-0.05, 0) is 18.4 Å². The van der Waals surface area contributed by atoms with Crippen LogP contribution in [0.2, 0.25) is 0 Å². The first-order valence-electron chi connectivity index (χ1n) is 6.11. The molecular formula is C11H20N4O5S. The predicted octanol–water partition coefficient (Wildman–Crippen LogP) is -2.37. The first-order chi connectivity index (χ1) is 9.81. The van der Waals surface area contributed by atoms with E-state index < -0.39 is 42.2 Å². The SMILES string of the molecule is CSCC[C@H](NC(=O)CN)C(=O)N[C@@H](CC(N)=O)C(=O)O. The quantitative estimate of drug-likeness (QED) is 0.300. The molecule has 0 aromatic heterocycles. The van der Waals surface area contributed by atoms with E-state index in [0.717, 1.165) is 0 Å². The minimum atomic E-state index is -1.43. The van der Waals surface area contributed by atoms with E-state index in [1.165, 1.54) is 11.8 Å². The predicted molar refractivity (Wildman–Crippen MR) is 77.4 cm³/mol. The summed E-state index contributed by atoms with van der Waals surface area (Å²) in [5.74, 6) is -2.88. The number of primary amides is 1. The number of rotatable bonds is 10. The van der Waals surface area contributed by atoms with Crippen molar-refractivity contribution in [1.29, 1.82) is 0 Å². The van der Waals surface area contributed by atoms with Crippen LogP contribution in [0.25, 0.3) is 0 Å². The minimum Gasteiger partial charge on any atom is -0.480 e. The Morgan fingerprint density at radius 3 is 2.24 bits per heavy atom. The molecular weight excluding hydrogens is 300 g/mol. The molecule has 120 valence electrons. The average molecular weight is 320 g/mol. The molecule has 3 amide bonds. The number of amides is 3. The number of carbonyl (C=O) groups excluding carboxylic acids is 3. The van der Waals surface area contributed by atoms with Gasteiger partial charge in [0.1, 0.15) is 12.1 Å². The smallest absolute Gasteiger partial charge is 0.326 e. The molecule has 0 unspecified atom stereocenters. The van der Waals surface area contributed by atoms with E-state index in [4.69, 9.17) is 16.6 Å². The summed E-state index contributed by atoms with van der Waals surface area (Å²) in [6, 6.07) is -2.34. The lowest BCUT2D eigenvalue weighted by Gasteiger charge is -2.20. The molecule has 0 saturated heterocycles. The number of carboxylic acids is 1. The number of thioether (sulfide) groups is 1. The Balaban J connectivity index is 4.78. The van der Waals surface area contributed by atoms with Gasteiger partial charge in [0.05, 0.1) is 13.0 Å². The van der Waals surface area contributed by atoms with Crippen molar-refractivity contribution in [3.05, 3.63) is 0 Å². The molecule has 0 spiro atoms. The summed E-state index contributed by atoms with van der Waals surface area (Å²) in [6.07, 6.45) is 1.61. The zero-order chi connectivity index (χ0) is 16.4. The highest BCUT2D eigenvalue weighted by atomic mass is 32.2. The van der Waals surface area contributed by atoms with Crippen molar-refractivity contribution < 1.29 is 24.3 Å². The maximum absolute atomic E-state index is 12.0. The zero-order valence-electron chi connectivity index (χ0n) is 11.6. The number of carboxylic acid groups (broad SMARTS) is 1. The lowest BCUT2D eigenvalue weighted by atomic mass is 10.1. The van der Waals surface area contributed by atoms with Crippen LogP contribution in [0.3, 0.4) is 0 Å². The molecule has 0 heterocycles. The van der Waals surface area contributed by atoms with E-state index in [9.17, 15) is 19.2 Å². The van der Waals surface area contributed by atoms with Gasteiger partial charge in [-0.3, -0.25) is 14.4 Å². The first kappa shape index (κ1) is 19.2. The summed E-state index contributed by atoms with van der Waals surface area (Å²) in [5.41, 5.74) is 10.1. The topological polar surface area (TPSA) is 165 Å². The molecule has 0 aromatic rings. The summed E-state index contributed by atoms with van der Waals surface area (Å²) in [7, 11) is 0. The second-order valence-corrected chi connectivity index (χ2v) is 5.16. The molecule has 10 heteroatoms. The highest BCUT2D eigenvalue weighted by molar-refractivity contribution is 7.98. The van der Waals surface area contributed by atoms with Gasteiger partial charge in [-0.25, -0.2) is 4.79 Å². The van der Waals surface area contributed by atoms with Crippen LogP contribution in [0.15, 0.2) is 0 Å². The Bertz CT molecular complexity index is 404. The fourth-order valence-electron chi connectivity index (χ4n) is 1.43. The molecule has 21 heavy (non-hydrogen) atoms. The molecule has 0 bridgehead atoms. The van der Waals surface area contributed by atoms with Crippen molar-refractivity contribution in [2.45, 2.75) is 24.9 Å². The Morgan fingerprint density at radius 1 is 1.19 bits per heavy atom.